The van der Waals surface area contributed by atoms with E-state index in [-0.39, 0.29) is 17.5 Å². The maximum Gasteiger partial charge on any atom is 0.251 e. The van der Waals surface area contributed by atoms with Crippen LogP contribution >= 0.6 is 0 Å². The largest absolute Gasteiger partial charge is 0.495 e. The average molecular weight is 434 g/mol. The van der Waals surface area contributed by atoms with Crippen molar-refractivity contribution in [3.05, 3.63) is 53.6 Å². The predicted octanol–water partition coefficient (Wildman–Crippen LogP) is 2.77. The summed E-state index contributed by atoms with van der Waals surface area (Å²) in [6.45, 7) is 5.53. The number of benzene rings is 2. The molecule has 2 rings (SSSR count). The van der Waals surface area contributed by atoms with Gasteiger partial charge in [0.05, 0.1) is 19.1 Å². The standard InChI is InChI=1S/C21H27N3O5S/c1-13(2)19(23-20(25)15-8-6-7-14(3)11-15)21(26)22-16-9-10-18(29-4)17(12-16)24-30(5,27)28/h6-13,19,24H,1-5H3,(H,22,26)(H,23,25). The van der Waals surface area contributed by atoms with E-state index in [0.717, 1.165) is 11.8 Å². The Hall–Kier alpha value is -3.07. The van der Waals surface area contributed by atoms with Gasteiger partial charge in [0.15, 0.2) is 0 Å². The summed E-state index contributed by atoms with van der Waals surface area (Å²) in [6, 6.07) is 10.9. The Balaban J connectivity index is 2.20. The smallest absolute Gasteiger partial charge is 0.251 e. The van der Waals surface area contributed by atoms with Crippen LogP contribution in [-0.4, -0.2) is 39.6 Å². The number of carbonyl (C=O) groups excluding carboxylic acids is 2. The van der Waals surface area contributed by atoms with E-state index in [1.165, 1.54) is 13.2 Å². The van der Waals surface area contributed by atoms with Crippen molar-refractivity contribution < 1.29 is 22.7 Å². The van der Waals surface area contributed by atoms with Crippen LogP contribution in [0.1, 0.15) is 29.8 Å². The molecule has 0 radical (unpaired) electrons. The molecular formula is C21H27N3O5S. The zero-order chi connectivity index (χ0) is 22.5. The van der Waals surface area contributed by atoms with Gasteiger partial charge in [-0.3, -0.25) is 14.3 Å². The summed E-state index contributed by atoms with van der Waals surface area (Å²) >= 11 is 0. The average Bonchev–Trinajstić information content (AvgIpc) is 2.64. The third kappa shape index (κ3) is 6.48. The quantitative estimate of drug-likeness (QED) is 0.592. The molecule has 30 heavy (non-hydrogen) atoms. The molecule has 0 heterocycles. The number of anilines is 2. The molecule has 1 unspecified atom stereocenters. The van der Waals surface area contributed by atoms with Crippen LogP contribution in [0.5, 0.6) is 5.75 Å². The zero-order valence-corrected chi connectivity index (χ0v) is 18.5. The van der Waals surface area contributed by atoms with Crippen LogP contribution in [0.2, 0.25) is 0 Å². The van der Waals surface area contributed by atoms with Gasteiger partial charge in [-0.15, -0.1) is 0 Å². The molecule has 0 aliphatic carbocycles. The van der Waals surface area contributed by atoms with Gasteiger partial charge in [-0.1, -0.05) is 31.5 Å². The molecule has 0 aliphatic heterocycles. The van der Waals surface area contributed by atoms with E-state index in [0.29, 0.717) is 17.0 Å². The summed E-state index contributed by atoms with van der Waals surface area (Å²) < 4.78 is 30.7. The van der Waals surface area contributed by atoms with Crippen molar-refractivity contribution in [2.45, 2.75) is 26.8 Å². The lowest BCUT2D eigenvalue weighted by Gasteiger charge is -2.22. The maximum absolute atomic E-state index is 12.8. The van der Waals surface area contributed by atoms with Crippen LogP contribution in [0.25, 0.3) is 0 Å². The van der Waals surface area contributed by atoms with Crippen molar-refractivity contribution in [1.82, 2.24) is 5.32 Å². The first-order chi connectivity index (χ1) is 14.0. The molecule has 2 amide bonds. The SMILES string of the molecule is COc1ccc(NC(=O)C(NC(=O)c2cccc(C)c2)C(C)C)cc1NS(C)(=O)=O. The van der Waals surface area contributed by atoms with E-state index in [4.69, 9.17) is 4.74 Å². The Morgan fingerprint density at radius 1 is 1.07 bits per heavy atom. The fourth-order valence-electron chi connectivity index (χ4n) is 2.83. The van der Waals surface area contributed by atoms with E-state index in [2.05, 4.69) is 15.4 Å². The Kier molecular flexibility index (Phi) is 7.44. The Bertz CT molecular complexity index is 1030. The Morgan fingerprint density at radius 3 is 2.33 bits per heavy atom. The normalized spacial score (nSPS) is 12.2. The van der Waals surface area contributed by atoms with E-state index in [9.17, 15) is 18.0 Å². The molecule has 0 aliphatic rings. The number of aryl methyl sites for hydroxylation is 1. The fourth-order valence-corrected chi connectivity index (χ4v) is 3.39. The van der Waals surface area contributed by atoms with Crippen LogP contribution < -0.4 is 20.1 Å². The minimum Gasteiger partial charge on any atom is -0.495 e. The van der Waals surface area contributed by atoms with Crippen molar-refractivity contribution in [2.24, 2.45) is 5.92 Å². The summed E-state index contributed by atoms with van der Waals surface area (Å²) in [5.74, 6) is -0.625. The summed E-state index contributed by atoms with van der Waals surface area (Å²) in [5.41, 5.74) is 1.97. The molecule has 0 fully saturated rings. The number of rotatable bonds is 8. The van der Waals surface area contributed by atoms with Crippen LogP contribution in [0, 0.1) is 12.8 Å². The zero-order valence-electron chi connectivity index (χ0n) is 17.6. The van der Waals surface area contributed by atoms with E-state index < -0.39 is 22.0 Å². The fraction of sp³-hybridized carbons (Fsp3) is 0.333. The molecule has 1 atom stereocenters. The van der Waals surface area contributed by atoms with Crippen molar-refractivity contribution in [3.8, 4) is 5.75 Å². The first kappa shape index (κ1) is 23.2. The van der Waals surface area contributed by atoms with Gasteiger partial charge < -0.3 is 15.4 Å². The van der Waals surface area contributed by atoms with Crippen molar-refractivity contribution >= 4 is 33.2 Å². The lowest BCUT2D eigenvalue weighted by molar-refractivity contribution is -0.118. The second-order valence-corrected chi connectivity index (χ2v) is 9.09. The van der Waals surface area contributed by atoms with Crippen LogP contribution in [-0.2, 0) is 14.8 Å². The minimum absolute atomic E-state index is 0.175. The lowest BCUT2D eigenvalue weighted by atomic mass is 10.0. The van der Waals surface area contributed by atoms with Crippen molar-refractivity contribution in [3.63, 3.8) is 0 Å². The number of nitrogens with one attached hydrogen (secondary N) is 3. The van der Waals surface area contributed by atoms with Gasteiger partial charge >= 0.3 is 0 Å². The topological polar surface area (TPSA) is 114 Å². The number of carbonyl (C=O) groups is 2. The molecule has 0 saturated carbocycles. The summed E-state index contributed by atoms with van der Waals surface area (Å²) in [6.07, 6.45) is 1.02. The first-order valence-electron chi connectivity index (χ1n) is 9.34. The van der Waals surface area contributed by atoms with Crippen molar-refractivity contribution in [2.75, 3.05) is 23.4 Å². The highest BCUT2D eigenvalue weighted by atomic mass is 32.2. The Labute approximate surface area is 177 Å². The van der Waals surface area contributed by atoms with Gasteiger partial charge in [0.1, 0.15) is 11.8 Å². The summed E-state index contributed by atoms with van der Waals surface area (Å²) in [5, 5.41) is 5.49. The first-order valence-corrected chi connectivity index (χ1v) is 11.2. The highest BCUT2D eigenvalue weighted by Crippen LogP contribution is 2.28. The van der Waals surface area contributed by atoms with Gasteiger partial charge in [0.2, 0.25) is 15.9 Å². The summed E-state index contributed by atoms with van der Waals surface area (Å²) in [4.78, 5) is 25.4. The molecule has 0 bridgehead atoms. The molecule has 9 heteroatoms. The number of hydrogen-bond acceptors (Lipinski definition) is 5. The number of ether oxygens (including phenoxy) is 1. The molecule has 8 nitrogen and oxygen atoms in total. The van der Waals surface area contributed by atoms with Gasteiger partial charge in [-0.2, -0.15) is 0 Å². The number of methoxy groups -OCH3 is 1. The third-order valence-corrected chi connectivity index (χ3v) is 4.87. The number of hydrogen-bond donors (Lipinski definition) is 3. The second kappa shape index (κ2) is 9.62. The molecule has 2 aromatic carbocycles. The van der Waals surface area contributed by atoms with Crippen LogP contribution in [0.3, 0.4) is 0 Å². The van der Waals surface area contributed by atoms with Gasteiger partial charge in [0.25, 0.3) is 5.91 Å². The number of amides is 2. The molecule has 0 spiro atoms. The van der Waals surface area contributed by atoms with Gasteiger partial charge in [-0.05, 0) is 43.2 Å². The highest BCUT2D eigenvalue weighted by molar-refractivity contribution is 7.92. The lowest BCUT2D eigenvalue weighted by Crippen LogP contribution is -2.47. The molecule has 3 N–H and O–H groups in total. The summed E-state index contributed by atoms with van der Waals surface area (Å²) in [7, 11) is -2.12. The maximum atomic E-state index is 12.8. The van der Waals surface area contributed by atoms with E-state index in [1.807, 2.05) is 26.8 Å². The van der Waals surface area contributed by atoms with Crippen molar-refractivity contribution in [1.29, 1.82) is 0 Å². The molecule has 162 valence electrons. The van der Waals surface area contributed by atoms with Gasteiger partial charge in [0, 0.05) is 11.3 Å². The third-order valence-electron chi connectivity index (χ3n) is 4.28. The second-order valence-electron chi connectivity index (χ2n) is 7.34. The monoisotopic (exact) mass is 433 g/mol. The van der Waals surface area contributed by atoms with Crippen LogP contribution in [0.15, 0.2) is 42.5 Å². The predicted molar refractivity (Wildman–Crippen MR) is 117 cm³/mol. The van der Waals surface area contributed by atoms with Gasteiger partial charge in [-0.25, -0.2) is 8.42 Å². The van der Waals surface area contributed by atoms with E-state index in [1.54, 1.807) is 30.3 Å². The molecule has 2 aromatic rings. The minimum atomic E-state index is -3.53. The molecular weight excluding hydrogens is 406 g/mol. The van der Waals surface area contributed by atoms with E-state index >= 15 is 0 Å². The van der Waals surface area contributed by atoms with Crippen LogP contribution in [0.4, 0.5) is 11.4 Å². The molecule has 0 saturated heterocycles. The Morgan fingerprint density at radius 2 is 1.77 bits per heavy atom. The number of sulfonamides is 1. The molecule has 0 aromatic heterocycles. The highest BCUT2D eigenvalue weighted by Gasteiger charge is 2.25.